The number of piperidine rings is 1. The molecule has 0 radical (unpaired) electrons. The highest BCUT2D eigenvalue weighted by molar-refractivity contribution is 5.85. The summed E-state index contributed by atoms with van der Waals surface area (Å²) in [5, 5.41) is 8.02. The predicted molar refractivity (Wildman–Crippen MR) is 110 cm³/mol. The van der Waals surface area contributed by atoms with Gasteiger partial charge in [-0.05, 0) is 44.5 Å². The smallest absolute Gasteiger partial charge is 0.316 e. The van der Waals surface area contributed by atoms with E-state index < -0.39 is 0 Å². The van der Waals surface area contributed by atoms with E-state index in [4.69, 9.17) is 0 Å². The van der Waals surface area contributed by atoms with Gasteiger partial charge in [0.15, 0.2) is 0 Å². The van der Waals surface area contributed by atoms with Crippen molar-refractivity contribution in [1.29, 1.82) is 0 Å². The lowest BCUT2D eigenvalue weighted by molar-refractivity contribution is 0.439. The van der Waals surface area contributed by atoms with Crippen molar-refractivity contribution in [3.8, 4) is 5.69 Å². The molecular weight excluding hydrogens is 379 g/mol. The molecule has 1 aromatic heterocycles. The van der Waals surface area contributed by atoms with Gasteiger partial charge >= 0.3 is 5.69 Å². The average molecular weight is 403 g/mol. The maximum atomic E-state index is 14.2. The molecule has 1 unspecified atom stereocenters. The summed E-state index contributed by atoms with van der Waals surface area (Å²) < 4.78 is 17.3. The summed E-state index contributed by atoms with van der Waals surface area (Å²) in [5.41, 5.74) is 1.99. The number of nitrogens with one attached hydrogen (secondary N) is 1. The van der Waals surface area contributed by atoms with Crippen LogP contribution in [0.4, 0.5) is 4.39 Å². The van der Waals surface area contributed by atoms with Crippen LogP contribution >= 0.6 is 12.4 Å². The summed E-state index contributed by atoms with van der Waals surface area (Å²) in [6, 6.07) is 14.5. The molecule has 1 N–H and O–H groups in total. The lowest BCUT2D eigenvalue weighted by Gasteiger charge is -2.22. The summed E-state index contributed by atoms with van der Waals surface area (Å²) in [7, 11) is 0. The number of hydrogen-bond donors (Lipinski definition) is 1. The molecule has 0 aliphatic carbocycles. The minimum atomic E-state index is -0.317. The van der Waals surface area contributed by atoms with Crippen LogP contribution in [0.1, 0.15) is 35.7 Å². The molecule has 1 saturated heterocycles. The van der Waals surface area contributed by atoms with Crippen molar-refractivity contribution in [2.45, 2.75) is 32.2 Å². The van der Waals surface area contributed by atoms with Crippen LogP contribution in [0.15, 0.2) is 53.3 Å². The minimum Gasteiger partial charge on any atom is -0.316 e. The third-order valence-corrected chi connectivity index (χ3v) is 5.06. The molecule has 1 fully saturated rings. The van der Waals surface area contributed by atoms with E-state index >= 15 is 0 Å². The van der Waals surface area contributed by atoms with E-state index in [2.05, 4.69) is 10.4 Å². The number of benzene rings is 2. The SMILES string of the molecule is Cc1ccc(F)c(Cn2nc(C3CCCNC3)n(-c3ccccc3)c2=O)c1.Cl. The summed E-state index contributed by atoms with van der Waals surface area (Å²) in [6.07, 6.45) is 2.03. The number of aromatic nitrogens is 3. The first-order valence-electron chi connectivity index (χ1n) is 9.34. The van der Waals surface area contributed by atoms with Gasteiger partial charge in [0.2, 0.25) is 0 Å². The first-order chi connectivity index (χ1) is 13.1. The van der Waals surface area contributed by atoms with Crippen LogP contribution in [0, 0.1) is 12.7 Å². The van der Waals surface area contributed by atoms with Gasteiger partial charge in [0, 0.05) is 18.0 Å². The van der Waals surface area contributed by atoms with Gasteiger partial charge in [-0.15, -0.1) is 12.4 Å². The third-order valence-electron chi connectivity index (χ3n) is 5.06. The number of halogens is 2. The van der Waals surface area contributed by atoms with Gasteiger partial charge in [0.05, 0.1) is 12.2 Å². The molecule has 148 valence electrons. The molecule has 4 rings (SSSR count). The molecule has 1 aliphatic rings. The number of rotatable bonds is 4. The number of para-hydroxylation sites is 1. The van der Waals surface area contributed by atoms with E-state index in [1.165, 1.54) is 10.7 Å². The van der Waals surface area contributed by atoms with E-state index in [-0.39, 0.29) is 36.4 Å². The largest absolute Gasteiger partial charge is 0.350 e. The molecule has 28 heavy (non-hydrogen) atoms. The molecule has 3 aromatic rings. The van der Waals surface area contributed by atoms with Gasteiger partial charge in [-0.25, -0.2) is 18.4 Å². The van der Waals surface area contributed by atoms with Gasteiger partial charge in [-0.3, -0.25) is 0 Å². The Balaban J connectivity index is 0.00000225. The Morgan fingerprint density at radius 2 is 2.00 bits per heavy atom. The van der Waals surface area contributed by atoms with Gasteiger partial charge in [0.1, 0.15) is 11.6 Å². The first kappa shape index (κ1) is 20.3. The Hall–Kier alpha value is -2.44. The molecule has 1 atom stereocenters. The second kappa shape index (κ2) is 8.71. The van der Waals surface area contributed by atoms with Gasteiger partial charge < -0.3 is 5.32 Å². The van der Waals surface area contributed by atoms with Crippen molar-refractivity contribution >= 4 is 12.4 Å². The average Bonchev–Trinajstić information content (AvgIpc) is 3.02. The Morgan fingerprint density at radius 1 is 1.21 bits per heavy atom. The normalized spacial score (nSPS) is 16.6. The van der Waals surface area contributed by atoms with Crippen molar-refractivity contribution in [2.75, 3.05) is 13.1 Å². The van der Waals surface area contributed by atoms with Crippen molar-refractivity contribution in [3.05, 3.63) is 81.8 Å². The topological polar surface area (TPSA) is 51.9 Å². The highest BCUT2D eigenvalue weighted by Crippen LogP contribution is 2.23. The molecule has 0 amide bonds. The second-order valence-corrected chi connectivity index (χ2v) is 7.11. The molecule has 1 aliphatic heterocycles. The fraction of sp³-hybridized carbons (Fsp3) is 0.333. The summed E-state index contributed by atoms with van der Waals surface area (Å²) >= 11 is 0. The summed E-state index contributed by atoms with van der Waals surface area (Å²) in [5.74, 6) is 0.587. The van der Waals surface area contributed by atoms with Crippen molar-refractivity contribution in [2.24, 2.45) is 0 Å². The highest BCUT2D eigenvalue weighted by atomic mass is 35.5. The Bertz CT molecular complexity index is 993. The van der Waals surface area contributed by atoms with Crippen LogP contribution in [0.25, 0.3) is 5.69 Å². The molecule has 2 aromatic carbocycles. The summed E-state index contributed by atoms with van der Waals surface area (Å²) in [6.45, 7) is 3.82. The Kier molecular flexibility index (Phi) is 6.31. The van der Waals surface area contributed by atoms with Crippen LogP contribution in [0.2, 0.25) is 0 Å². The zero-order valence-electron chi connectivity index (χ0n) is 15.8. The Labute approximate surface area is 169 Å². The quantitative estimate of drug-likeness (QED) is 0.727. The van der Waals surface area contributed by atoms with Gasteiger partial charge in [-0.2, -0.15) is 5.10 Å². The van der Waals surface area contributed by atoms with Crippen LogP contribution in [-0.2, 0) is 6.54 Å². The molecule has 2 heterocycles. The zero-order chi connectivity index (χ0) is 18.8. The maximum absolute atomic E-state index is 14.2. The molecular formula is C21H24ClFN4O. The van der Waals surface area contributed by atoms with Crippen LogP contribution < -0.4 is 11.0 Å². The molecule has 5 nitrogen and oxygen atoms in total. The number of nitrogens with zero attached hydrogens (tertiary/aromatic N) is 3. The number of hydrogen-bond acceptors (Lipinski definition) is 3. The van der Waals surface area contributed by atoms with E-state index in [9.17, 15) is 9.18 Å². The van der Waals surface area contributed by atoms with Crippen LogP contribution in [0.3, 0.4) is 0 Å². The van der Waals surface area contributed by atoms with E-state index in [0.29, 0.717) is 5.56 Å². The lowest BCUT2D eigenvalue weighted by atomic mass is 9.99. The lowest BCUT2D eigenvalue weighted by Crippen LogP contribution is -2.31. The van der Waals surface area contributed by atoms with E-state index in [0.717, 1.165) is 43.0 Å². The maximum Gasteiger partial charge on any atom is 0.350 e. The monoisotopic (exact) mass is 402 g/mol. The zero-order valence-corrected chi connectivity index (χ0v) is 16.6. The third kappa shape index (κ3) is 4.03. The molecule has 0 spiro atoms. The minimum absolute atomic E-state index is 0. The Morgan fingerprint density at radius 3 is 2.71 bits per heavy atom. The number of aryl methyl sites for hydroxylation is 1. The fourth-order valence-electron chi connectivity index (χ4n) is 3.67. The highest BCUT2D eigenvalue weighted by Gasteiger charge is 2.25. The standard InChI is InChI=1S/C21H23FN4O.ClH/c1-15-9-10-19(22)17(12-15)14-25-21(27)26(18-7-3-2-4-8-18)20(24-25)16-6-5-11-23-13-16;/h2-4,7-10,12,16,23H,5-6,11,13-14H2,1H3;1H. The van der Waals surface area contributed by atoms with Gasteiger partial charge in [-0.1, -0.05) is 35.9 Å². The molecule has 7 heteroatoms. The fourth-order valence-corrected chi connectivity index (χ4v) is 3.67. The second-order valence-electron chi connectivity index (χ2n) is 7.11. The van der Waals surface area contributed by atoms with E-state index in [1.54, 1.807) is 16.7 Å². The van der Waals surface area contributed by atoms with E-state index in [1.807, 2.05) is 37.3 Å². The molecule has 0 saturated carbocycles. The van der Waals surface area contributed by atoms with Crippen LogP contribution in [-0.4, -0.2) is 27.4 Å². The van der Waals surface area contributed by atoms with Crippen LogP contribution in [0.5, 0.6) is 0 Å². The van der Waals surface area contributed by atoms with Crippen molar-refractivity contribution < 1.29 is 4.39 Å². The van der Waals surface area contributed by atoms with Crippen molar-refractivity contribution in [3.63, 3.8) is 0 Å². The first-order valence-corrected chi connectivity index (χ1v) is 9.34. The predicted octanol–water partition coefficient (Wildman–Crippen LogP) is 3.42. The van der Waals surface area contributed by atoms with Gasteiger partial charge in [0.25, 0.3) is 0 Å². The van der Waals surface area contributed by atoms with Crippen molar-refractivity contribution in [1.82, 2.24) is 19.7 Å². The molecule has 0 bridgehead atoms. The summed E-state index contributed by atoms with van der Waals surface area (Å²) in [4.78, 5) is 13.2.